The van der Waals surface area contributed by atoms with Crippen LogP contribution in [0.25, 0.3) is 0 Å². The molecule has 2 rings (SSSR count). The molecule has 0 atom stereocenters. The first-order chi connectivity index (χ1) is 10.1. The molecule has 1 aromatic heterocycles. The molecule has 0 bridgehead atoms. The van der Waals surface area contributed by atoms with E-state index in [1.54, 1.807) is 23.9 Å². The van der Waals surface area contributed by atoms with Crippen molar-refractivity contribution in [2.75, 3.05) is 7.11 Å². The zero-order valence-electron chi connectivity index (χ0n) is 12.5. The van der Waals surface area contributed by atoms with E-state index >= 15 is 0 Å². The number of non-ortho nitro benzene ring substituents is 1. The van der Waals surface area contributed by atoms with Crippen LogP contribution in [0.3, 0.4) is 0 Å². The third-order valence-corrected chi connectivity index (χ3v) is 3.38. The summed E-state index contributed by atoms with van der Waals surface area (Å²) in [7, 11) is 3.49. The van der Waals surface area contributed by atoms with Crippen LogP contribution in [0.15, 0.2) is 24.3 Å². The zero-order chi connectivity index (χ0) is 15.4. The van der Waals surface area contributed by atoms with Gasteiger partial charge in [0.1, 0.15) is 0 Å². The van der Waals surface area contributed by atoms with Gasteiger partial charge in [-0.2, -0.15) is 5.10 Å². The van der Waals surface area contributed by atoms with E-state index in [9.17, 15) is 10.1 Å². The Morgan fingerprint density at radius 3 is 2.52 bits per heavy atom. The molecule has 0 N–H and O–H groups in total. The summed E-state index contributed by atoms with van der Waals surface area (Å²) in [5.74, 6) is 0.747. The predicted molar refractivity (Wildman–Crippen MR) is 79.7 cm³/mol. The molecule has 1 aromatic carbocycles. The minimum atomic E-state index is -0.392. The average molecular weight is 289 g/mol. The molecule has 6 nitrogen and oxygen atoms in total. The number of aromatic nitrogens is 2. The van der Waals surface area contributed by atoms with Gasteiger partial charge in [0, 0.05) is 31.2 Å². The van der Waals surface area contributed by atoms with Gasteiger partial charge in [-0.15, -0.1) is 0 Å². The fraction of sp³-hybridized carbons (Fsp3) is 0.400. The summed E-state index contributed by atoms with van der Waals surface area (Å²) in [4.78, 5) is 10.3. The lowest BCUT2D eigenvalue weighted by Gasteiger charge is -2.06. The molecule has 0 radical (unpaired) electrons. The summed E-state index contributed by atoms with van der Waals surface area (Å²) in [5, 5.41) is 15.2. The summed E-state index contributed by atoms with van der Waals surface area (Å²) in [6, 6.07) is 6.61. The predicted octanol–water partition coefficient (Wildman–Crippen LogP) is 2.88. The third kappa shape index (κ3) is 3.21. The Labute approximate surface area is 123 Å². The molecule has 21 heavy (non-hydrogen) atoms. The third-order valence-electron chi connectivity index (χ3n) is 3.38. The maximum atomic E-state index is 10.7. The van der Waals surface area contributed by atoms with Crippen molar-refractivity contribution in [1.82, 2.24) is 9.78 Å². The fourth-order valence-corrected chi connectivity index (χ4v) is 2.42. The Morgan fingerprint density at radius 2 is 2.00 bits per heavy atom. The maximum absolute atomic E-state index is 10.7. The molecule has 0 spiro atoms. The van der Waals surface area contributed by atoms with E-state index in [1.165, 1.54) is 12.1 Å². The van der Waals surface area contributed by atoms with Gasteiger partial charge in [-0.3, -0.25) is 10.1 Å². The van der Waals surface area contributed by atoms with Crippen LogP contribution >= 0.6 is 0 Å². The van der Waals surface area contributed by atoms with Gasteiger partial charge in [0.25, 0.3) is 5.69 Å². The van der Waals surface area contributed by atoms with Crippen LogP contribution in [-0.2, 0) is 19.9 Å². The van der Waals surface area contributed by atoms with Crippen LogP contribution < -0.4 is 4.74 Å². The number of benzene rings is 1. The van der Waals surface area contributed by atoms with Crippen molar-refractivity contribution in [2.24, 2.45) is 7.05 Å². The van der Waals surface area contributed by atoms with Crippen LogP contribution in [0.4, 0.5) is 5.69 Å². The van der Waals surface area contributed by atoms with Gasteiger partial charge in [-0.25, -0.2) is 4.68 Å². The summed E-state index contributed by atoms with van der Waals surface area (Å²) in [6.45, 7) is 2.11. The van der Waals surface area contributed by atoms with Crippen LogP contribution in [0.5, 0.6) is 5.88 Å². The smallest absolute Gasteiger partial charge is 0.269 e. The summed E-state index contributed by atoms with van der Waals surface area (Å²) in [5.41, 5.74) is 3.18. The molecule has 6 heteroatoms. The molecule has 2 aromatic rings. The van der Waals surface area contributed by atoms with Crippen molar-refractivity contribution in [2.45, 2.75) is 26.2 Å². The highest BCUT2D eigenvalue weighted by Crippen LogP contribution is 2.26. The first-order valence-electron chi connectivity index (χ1n) is 6.88. The minimum absolute atomic E-state index is 0.102. The maximum Gasteiger partial charge on any atom is 0.269 e. The monoisotopic (exact) mass is 289 g/mol. The molecule has 0 aliphatic heterocycles. The Morgan fingerprint density at radius 1 is 1.33 bits per heavy atom. The molecule has 1 heterocycles. The Hall–Kier alpha value is -2.37. The number of methoxy groups -OCH3 is 1. The van der Waals surface area contributed by atoms with Gasteiger partial charge in [-0.1, -0.05) is 25.5 Å². The van der Waals surface area contributed by atoms with Gasteiger partial charge >= 0.3 is 0 Å². The number of aryl methyl sites for hydroxylation is 2. The van der Waals surface area contributed by atoms with Gasteiger partial charge < -0.3 is 4.74 Å². The minimum Gasteiger partial charge on any atom is -0.481 e. The second kappa shape index (κ2) is 6.39. The van der Waals surface area contributed by atoms with Crippen molar-refractivity contribution >= 4 is 5.69 Å². The largest absolute Gasteiger partial charge is 0.481 e. The van der Waals surface area contributed by atoms with Crippen LogP contribution in [-0.4, -0.2) is 21.8 Å². The molecule has 0 aliphatic carbocycles. The molecule has 0 unspecified atom stereocenters. The standard InChI is InChI=1S/C15H19N3O3/c1-4-5-14-13(15(21-3)17(2)16-14)10-11-6-8-12(9-7-11)18(19)20/h6-9H,4-5,10H2,1-3H3. The van der Waals surface area contributed by atoms with E-state index in [-0.39, 0.29) is 5.69 Å². The van der Waals surface area contributed by atoms with Crippen molar-refractivity contribution in [3.05, 3.63) is 51.2 Å². The van der Waals surface area contributed by atoms with E-state index in [2.05, 4.69) is 12.0 Å². The van der Waals surface area contributed by atoms with E-state index in [1.807, 2.05) is 7.05 Å². The number of nitrogens with zero attached hydrogens (tertiary/aromatic N) is 3. The SMILES string of the molecule is CCCc1nn(C)c(OC)c1Cc1ccc([N+](=O)[O-])cc1. The van der Waals surface area contributed by atoms with Crippen LogP contribution in [0, 0.1) is 10.1 Å². The number of nitro groups is 1. The lowest BCUT2D eigenvalue weighted by Crippen LogP contribution is -1.98. The topological polar surface area (TPSA) is 70.2 Å². The Bertz CT molecular complexity index is 632. The van der Waals surface area contributed by atoms with Crippen molar-refractivity contribution in [1.29, 1.82) is 0 Å². The summed E-state index contributed by atoms with van der Waals surface area (Å²) < 4.78 is 7.17. The Balaban J connectivity index is 2.31. The number of hydrogen-bond donors (Lipinski definition) is 0. The summed E-state index contributed by atoms with van der Waals surface area (Å²) >= 11 is 0. The van der Waals surface area contributed by atoms with Gasteiger partial charge in [0.15, 0.2) is 0 Å². The number of rotatable bonds is 6. The van der Waals surface area contributed by atoms with Gasteiger partial charge in [0.2, 0.25) is 5.88 Å². The van der Waals surface area contributed by atoms with Crippen molar-refractivity contribution < 1.29 is 9.66 Å². The average Bonchev–Trinajstić information content (AvgIpc) is 2.75. The molecule has 0 fully saturated rings. The highest BCUT2D eigenvalue weighted by Gasteiger charge is 2.17. The second-order valence-corrected chi connectivity index (χ2v) is 4.91. The van der Waals surface area contributed by atoms with E-state index in [0.717, 1.165) is 35.5 Å². The number of ether oxygens (including phenoxy) is 1. The van der Waals surface area contributed by atoms with Crippen LogP contribution in [0.1, 0.15) is 30.2 Å². The van der Waals surface area contributed by atoms with Crippen LogP contribution in [0.2, 0.25) is 0 Å². The molecule has 0 aliphatic rings. The molecule has 0 saturated heterocycles. The fourth-order valence-electron chi connectivity index (χ4n) is 2.42. The Kier molecular flexibility index (Phi) is 4.57. The first kappa shape index (κ1) is 15.0. The summed E-state index contributed by atoms with van der Waals surface area (Å²) in [6.07, 6.45) is 2.55. The lowest BCUT2D eigenvalue weighted by atomic mass is 10.0. The molecular weight excluding hydrogens is 270 g/mol. The van der Waals surface area contributed by atoms with Crippen molar-refractivity contribution in [3.8, 4) is 5.88 Å². The quantitative estimate of drug-likeness (QED) is 0.605. The van der Waals surface area contributed by atoms with E-state index < -0.39 is 4.92 Å². The number of nitro benzene ring substituents is 1. The van der Waals surface area contributed by atoms with Gasteiger partial charge in [0.05, 0.1) is 17.7 Å². The number of hydrogen-bond acceptors (Lipinski definition) is 4. The molecular formula is C15H19N3O3. The first-order valence-corrected chi connectivity index (χ1v) is 6.88. The normalized spacial score (nSPS) is 10.6. The zero-order valence-corrected chi connectivity index (χ0v) is 12.5. The molecule has 0 amide bonds. The van der Waals surface area contributed by atoms with E-state index in [4.69, 9.17) is 4.74 Å². The highest BCUT2D eigenvalue weighted by atomic mass is 16.6. The van der Waals surface area contributed by atoms with Gasteiger partial charge in [-0.05, 0) is 12.0 Å². The van der Waals surface area contributed by atoms with Crippen molar-refractivity contribution in [3.63, 3.8) is 0 Å². The second-order valence-electron chi connectivity index (χ2n) is 4.91. The lowest BCUT2D eigenvalue weighted by molar-refractivity contribution is -0.384. The molecule has 112 valence electrons. The highest BCUT2D eigenvalue weighted by molar-refractivity contribution is 5.40. The van der Waals surface area contributed by atoms with E-state index in [0.29, 0.717) is 6.42 Å². The molecule has 0 saturated carbocycles.